The highest BCUT2D eigenvalue weighted by atomic mass is 16.2. The van der Waals surface area contributed by atoms with Gasteiger partial charge in [-0.05, 0) is 61.9 Å². The van der Waals surface area contributed by atoms with Crippen LogP contribution in [0.1, 0.15) is 23.6 Å². The minimum Gasteiger partial charge on any atom is -0.324 e. The Labute approximate surface area is 155 Å². The normalized spacial score (nSPS) is 12.3. The number of anilines is 1. The number of rotatable bonds is 5. The predicted octanol–water partition coefficient (Wildman–Crippen LogP) is 4.92. The van der Waals surface area contributed by atoms with Gasteiger partial charge in [0.1, 0.15) is 0 Å². The molecule has 3 aromatic rings. The van der Waals surface area contributed by atoms with Crippen molar-refractivity contribution in [2.45, 2.75) is 33.4 Å². The smallest absolute Gasteiger partial charge is 0.241 e. The minimum absolute atomic E-state index is 0.0141. The van der Waals surface area contributed by atoms with Gasteiger partial charge in [0, 0.05) is 12.2 Å². The molecule has 0 fully saturated rings. The fourth-order valence-corrected chi connectivity index (χ4v) is 3.15. The molecule has 0 aliphatic rings. The van der Waals surface area contributed by atoms with E-state index >= 15 is 0 Å². The van der Waals surface area contributed by atoms with Crippen LogP contribution in [0.2, 0.25) is 0 Å². The van der Waals surface area contributed by atoms with E-state index in [1.807, 2.05) is 39.1 Å². The van der Waals surface area contributed by atoms with E-state index in [9.17, 15) is 4.79 Å². The molecular formula is C23H26N2O. The standard InChI is InChI=1S/C23H26N2O/c1-16-9-12-22(17(2)13-16)24-23(26)18(3)25(4)15-19-10-11-20-7-5-6-8-21(20)14-19/h5-14,18H,15H2,1-4H3,(H,24,26)/t18-/m0/s1. The Morgan fingerprint density at radius 3 is 2.46 bits per heavy atom. The van der Waals surface area contributed by atoms with Crippen molar-refractivity contribution in [2.75, 3.05) is 12.4 Å². The summed E-state index contributed by atoms with van der Waals surface area (Å²) in [5, 5.41) is 5.52. The number of carbonyl (C=O) groups excluding carboxylic acids is 1. The zero-order valence-electron chi connectivity index (χ0n) is 15.9. The van der Waals surface area contributed by atoms with Gasteiger partial charge < -0.3 is 5.32 Å². The number of hydrogen-bond donors (Lipinski definition) is 1. The molecule has 3 aromatic carbocycles. The topological polar surface area (TPSA) is 32.3 Å². The van der Waals surface area contributed by atoms with Crippen molar-refractivity contribution in [2.24, 2.45) is 0 Å². The SMILES string of the molecule is Cc1ccc(NC(=O)[C@H](C)N(C)Cc2ccc3ccccc3c2)c(C)c1. The Morgan fingerprint density at radius 2 is 1.73 bits per heavy atom. The Hall–Kier alpha value is -2.65. The number of carbonyl (C=O) groups is 1. The lowest BCUT2D eigenvalue weighted by Gasteiger charge is -2.24. The molecule has 0 unspecified atom stereocenters. The van der Waals surface area contributed by atoms with Crippen LogP contribution < -0.4 is 5.32 Å². The van der Waals surface area contributed by atoms with Gasteiger partial charge in [-0.3, -0.25) is 9.69 Å². The molecule has 0 radical (unpaired) electrons. The van der Waals surface area contributed by atoms with Crippen LogP contribution in [-0.4, -0.2) is 23.9 Å². The Balaban J connectivity index is 1.67. The van der Waals surface area contributed by atoms with Crippen molar-refractivity contribution in [3.8, 4) is 0 Å². The zero-order valence-corrected chi connectivity index (χ0v) is 15.9. The van der Waals surface area contributed by atoms with E-state index in [0.29, 0.717) is 0 Å². The average Bonchev–Trinajstić information content (AvgIpc) is 2.63. The van der Waals surface area contributed by atoms with Gasteiger partial charge in [0.05, 0.1) is 6.04 Å². The number of hydrogen-bond acceptors (Lipinski definition) is 2. The maximum absolute atomic E-state index is 12.6. The molecule has 1 amide bonds. The fourth-order valence-electron chi connectivity index (χ4n) is 3.15. The summed E-state index contributed by atoms with van der Waals surface area (Å²) in [5.74, 6) is 0.0141. The molecule has 1 atom stereocenters. The maximum atomic E-state index is 12.6. The van der Waals surface area contributed by atoms with Crippen LogP contribution in [0.4, 0.5) is 5.69 Å². The highest BCUT2D eigenvalue weighted by Gasteiger charge is 2.19. The van der Waals surface area contributed by atoms with E-state index in [2.05, 4.69) is 59.6 Å². The summed E-state index contributed by atoms with van der Waals surface area (Å²) in [7, 11) is 1.99. The first-order chi connectivity index (χ1) is 12.4. The summed E-state index contributed by atoms with van der Waals surface area (Å²) in [4.78, 5) is 14.7. The Kier molecular flexibility index (Phi) is 5.38. The lowest BCUT2D eigenvalue weighted by molar-refractivity contribution is -0.120. The lowest BCUT2D eigenvalue weighted by Crippen LogP contribution is -2.39. The summed E-state index contributed by atoms with van der Waals surface area (Å²) in [6.45, 7) is 6.75. The van der Waals surface area contributed by atoms with Gasteiger partial charge in [-0.25, -0.2) is 0 Å². The second kappa shape index (κ2) is 7.71. The number of benzene rings is 3. The number of aryl methyl sites for hydroxylation is 2. The van der Waals surface area contributed by atoms with Gasteiger partial charge in [-0.15, -0.1) is 0 Å². The van der Waals surface area contributed by atoms with Gasteiger partial charge >= 0.3 is 0 Å². The zero-order chi connectivity index (χ0) is 18.7. The second-order valence-electron chi connectivity index (χ2n) is 7.08. The molecular weight excluding hydrogens is 320 g/mol. The fraction of sp³-hybridized carbons (Fsp3) is 0.261. The highest BCUT2D eigenvalue weighted by molar-refractivity contribution is 5.95. The Bertz CT molecular complexity index is 932. The number of nitrogens with one attached hydrogen (secondary N) is 1. The molecule has 0 aliphatic heterocycles. The second-order valence-corrected chi connectivity index (χ2v) is 7.08. The number of likely N-dealkylation sites (N-methyl/N-ethyl adjacent to an activating group) is 1. The van der Waals surface area contributed by atoms with Crippen LogP contribution in [0.3, 0.4) is 0 Å². The molecule has 0 bridgehead atoms. The van der Waals surface area contributed by atoms with Crippen LogP contribution in [0, 0.1) is 13.8 Å². The first-order valence-corrected chi connectivity index (χ1v) is 9.00. The summed E-state index contributed by atoms with van der Waals surface area (Å²) in [5.41, 5.74) is 4.37. The molecule has 0 saturated heterocycles. The molecule has 3 nitrogen and oxygen atoms in total. The number of amides is 1. The lowest BCUT2D eigenvalue weighted by atomic mass is 10.1. The van der Waals surface area contributed by atoms with Crippen molar-refractivity contribution in [1.82, 2.24) is 4.90 Å². The predicted molar refractivity (Wildman–Crippen MR) is 109 cm³/mol. The summed E-state index contributed by atoms with van der Waals surface area (Å²) >= 11 is 0. The molecule has 26 heavy (non-hydrogen) atoms. The van der Waals surface area contributed by atoms with E-state index in [4.69, 9.17) is 0 Å². The van der Waals surface area contributed by atoms with Gasteiger partial charge in [0.25, 0.3) is 0 Å². The van der Waals surface area contributed by atoms with Crippen LogP contribution >= 0.6 is 0 Å². The molecule has 3 rings (SSSR count). The summed E-state index contributed by atoms with van der Waals surface area (Å²) < 4.78 is 0. The van der Waals surface area contributed by atoms with Crippen molar-refractivity contribution >= 4 is 22.4 Å². The molecule has 1 N–H and O–H groups in total. The average molecular weight is 346 g/mol. The third kappa shape index (κ3) is 4.12. The quantitative estimate of drug-likeness (QED) is 0.711. The molecule has 0 heterocycles. The maximum Gasteiger partial charge on any atom is 0.241 e. The van der Waals surface area contributed by atoms with E-state index < -0.39 is 0 Å². The molecule has 0 saturated carbocycles. The van der Waals surface area contributed by atoms with Gasteiger partial charge in [0.2, 0.25) is 5.91 Å². The summed E-state index contributed by atoms with van der Waals surface area (Å²) in [6.07, 6.45) is 0. The van der Waals surface area contributed by atoms with E-state index in [0.717, 1.165) is 17.8 Å². The molecule has 3 heteroatoms. The minimum atomic E-state index is -0.220. The van der Waals surface area contributed by atoms with Crippen LogP contribution in [0.25, 0.3) is 10.8 Å². The highest BCUT2D eigenvalue weighted by Crippen LogP contribution is 2.19. The van der Waals surface area contributed by atoms with Crippen LogP contribution in [-0.2, 0) is 11.3 Å². The molecule has 134 valence electrons. The van der Waals surface area contributed by atoms with Crippen LogP contribution in [0.15, 0.2) is 60.7 Å². The largest absolute Gasteiger partial charge is 0.324 e. The summed E-state index contributed by atoms with van der Waals surface area (Å²) in [6, 6.07) is 20.7. The van der Waals surface area contributed by atoms with Crippen LogP contribution in [0.5, 0.6) is 0 Å². The van der Waals surface area contributed by atoms with Crippen molar-refractivity contribution < 1.29 is 4.79 Å². The third-order valence-electron chi connectivity index (χ3n) is 4.93. The van der Waals surface area contributed by atoms with E-state index in [1.165, 1.54) is 21.9 Å². The Morgan fingerprint density at radius 1 is 1.00 bits per heavy atom. The van der Waals surface area contributed by atoms with Gasteiger partial charge in [-0.2, -0.15) is 0 Å². The van der Waals surface area contributed by atoms with Gasteiger partial charge in [0.15, 0.2) is 0 Å². The number of fused-ring (bicyclic) bond motifs is 1. The number of nitrogens with zero attached hydrogens (tertiary/aromatic N) is 1. The third-order valence-corrected chi connectivity index (χ3v) is 4.93. The van der Waals surface area contributed by atoms with E-state index in [-0.39, 0.29) is 11.9 Å². The first kappa shape index (κ1) is 18.2. The van der Waals surface area contributed by atoms with Crippen molar-refractivity contribution in [3.63, 3.8) is 0 Å². The molecule has 0 aliphatic carbocycles. The van der Waals surface area contributed by atoms with Gasteiger partial charge in [-0.1, -0.05) is 54.1 Å². The first-order valence-electron chi connectivity index (χ1n) is 9.00. The molecule has 0 aromatic heterocycles. The molecule has 0 spiro atoms. The van der Waals surface area contributed by atoms with E-state index in [1.54, 1.807) is 0 Å². The monoisotopic (exact) mass is 346 g/mol. The van der Waals surface area contributed by atoms with Crippen molar-refractivity contribution in [1.29, 1.82) is 0 Å². The van der Waals surface area contributed by atoms with Crippen molar-refractivity contribution in [3.05, 3.63) is 77.4 Å².